The molecular formula is C23H29N5O2S. The van der Waals surface area contributed by atoms with E-state index in [1.165, 1.54) is 10.7 Å². The van der Waals surface area contributed by atoms with Crippen LogP contribution >= 0.6 is 11.3 Å². The average Bonchev–Trinajstić information content (AvgIpc) is 3.44. The van der Waals surface area contributed by atoms with Crippen LogP contribution in [0.4, 0.5) is 5.82 Å². The number of hydrogen-bond donors (Lipinski definition) is 1. The topological polar surface area (TPSA) is 72.3 Å². The van der Waals surface area contributed by atoms with Gasteiger partial charge < -0.3 is 10.1 Å². The number of rotatable bonds is 7. The highest BCUT2D eigenvalue weighted by Gasteiger charge is 2.24. The summed E-state index contributed by atoms with van der Waals surface area (Å²) in [4.78, 5) is 20.0. The summed E-state index contributed by atoms with van der Waals surface area (Å²) in [5.41, 5.74) is 1.69. The van der Waals surface area contributed by atoms with Crippen molar-refractivity contribution in [2.75, 3.05) is 25.5 Å². The number of hydrogen-bond acceptors (Lipinski definition) is 6. The van der Waals surface area contributed by atoms with Gasteiger partial charge in [-0.25, -0.2) is 9.67 Å². The molecule has 0 unspecified atom stereocenters. The summed E-state index contributed by atoms with van der Waals surface area (Å²) < 4.78 is 7.26. The minimum absolute atomic E-state index is 0.193. The number of nitrogens with one attached hydrogen (secondary N) is 1. The highest BCUT2D eigenvalue weighted by molar-refractivity contribution is 7.09. The summed E-state index contributed by atoms with van der Waals surface area (Å²) in [7, 11) is 1.57. The molecule has 7 nitrogen and oxygen atoms in total. The molecular weight excluding hydrogens is 410 g/mol. The maximum Gasteiger partial charge on any atom is 0.260 e. The summed E-state index contributed by atoms with van der Waals surface area (Å²) in [5, 5.41) is 10.9. The van der Waals surface area contributed by atoms with Crippen LogP contribution in [0.2, 0.25) is 0 Å². The van der Waals surface area contributed by atoms with Crippen LogP contribution in [-0.4, -0.2) is 45.8 Å². The standard InChI is InChI=1S/C23H29N5O2S/c1-16(2)19-15-31-22(25-19)14-27-12-9-17(10-13-27)28-21(8-11-24-28)26-23(29)18-6-4-5-7-20(18)30-3/h4-8,11,15-17H,9-10,12-14H2,1-3H3,(H,26,29). The van der Waals surface area contributed by atoms with Gasteiger partial charge in [-0.1, -0.05) is 26.0 Å². The van der Waals surface area contributed by atoms with Crippen molar-refractivity contribution in [3.63, 3.8) is 0 Å². The lowest BCUT2D eigenvalue weighted by molar-refractivity contribution is 0.102. The van der Waals surface area contributed by atoms with Crippen molar-refractivity contribution in [2.24, 2.45) is 0 Å². The first-order valence-electron chi connectivity index (χ1n) is 10.7. The number of carbonyl (C=O) groups is 1. The number of likely N-dealkylation sites (tertiary alicyclic amines) is 1. The van der Waals surface area contributed by atoms with Crippen molar-refractivity contribution in [1.29, 1.82) is 0 Å². The van der Waals surface area contributed by atoms with Gasteiger partial charge in [-0.15, -0.1) is 11.3 Å². The zero-order chi connectivity index (χ0) is 21.8. The van der Waals surface area contributed by atoms with E-state index >= 15 is 0 Å². The van der Waals surface area contributed by atoms with Gasteiger partial charge in [-0.3, -0.25) is 9.69 Å². The zero-order valence-electron chi connectivity index (χ0n) is 18.2. The van der Waals surface area contributed by atoms with Crippen LogP contribution in [0, 0.1) is 0 Å². The third kappa shape index (κ3) is 4.97. The van der Waals surface area contributed by atoms with Crippen LogP contribution in [0.1, 0.15) is 59.7 Å². The third-order valence-electron chi connectivity index (χ3n) is 5.69. The zero-order valence-corrected chi connectivity index (χ0v) is 19.1. The molecule has 164 valence electrons. The lowest BCUT2D eigenvalue weighted by Crippen LogP contribution is -2.35. The second kappa shape index (κ2) is 9.62. The minimum atomic E-state index is -0.193. The van der Waals surface area contributed by atoms with Gasteiger partial charge in [0.1, 0.15) is 16.6 Å². The molecule has 3 heterocycles. The molecule has 3 aromatic rings. The van der Waals surface area contributed by atoms with Gasteiger partial charge in [0.25, 0.3) is 5.91 Å². The fourth-order valence-corrected chi connectivity index (χ4v) is 4.89. The summed E-state index contributed by atoms with van der Waals surface area (Å²) in [5.74, 6) is 1.56. The Morgan fingerprint density at radius 2 is 2.03 bits per heavy atom. The maximum absolute atomic E-state index is 12.8. The highest BCUT2D eigenvalue weighted by Crippen LogP contribution is 2.28. The lowest BCUT2D eigenvalue weighted by Gasteiger charge is -2.32. The molecule has 2 aromatic heterocycles. The number of thiazole rings is 1. The predicted molar refractivity (Wildman–Crippen MR) is 123 cm³/mol. The Morgan fingerprint density at radius 3 is 2.74 bits per heavy atom. The van der Waals surface area contributed by atoms with E-state index in [2.05, 4.69) is 34.5 Å². The number of carbonyl (C=O) groups excluding carboxylic acids is 1. The van der Waals surface area contributed by atoms with E-state index in [-0.39, 0.29) is 11.9 Å². The molecule has 1 saturated heterocycles. The number of aromatic nitrogens is 3. The summed E-state index contributed by atoms with van der Waals surface area (Å²) in [6.45, 7) is 7.24. The van der Waals surface area contributed by atoms with Gasteiger partial charge in [-0.2, -0.15) is 5.10 Å². The molecule has 1 aromatic carbocycles. The number of nitrogens with zero attached hydrogens (tertiary/aromatic N) is 4. The van der Waals surface area contributed by atoms with Crippen molar-refractivity contribution in [3.8, 4) is 5.75 Å². The molecule has 0 aliphatic carbocycles. The van der Waals surface area contributed by atoms with E-state index in [1.807, 2.05) is 22.9 Å². The summed E-state index contributed by atoms with van der Waals surface area (Å²) in [6, 6.07) is 9.34. The van der Waals surface area contributed by atoms with Gasteiger partial charge in [-0.05, 0) is 30.9 Å². The van der Waals surface area contributed by atoms with Crippen molar-refractivity contribution in [3.05, 3.63) is 58.2 Å². The van der Waals surface area contributed by atoms with Crippen LogP contribution < -0.4 is 10.1 Å². The molecule has 1 aliphatic heterocycles. The molecule has 0 saturated carbocycles. The van der Waals surface area contributed by atoms with Crippen LogP contribution in [-0.2, 0) is 6.54 Å². The first kappa shape index (κ1) is 21.5. The molecule has 0 radical (unpaired) electrons. The molecule has 1 N–H and O–H groups in total. The molecule has 31 heavy (non-hydrogen) atoms. The fourth-order valence-electron chi connectivity index (χ4n) is 3.90. The molecule has 0 spiro atoms. The fraction of sp³-hybridized carbons (Fsp3) is 0.435. The summed E-state index contributed by atoms with van der Waals surface area (Å²) in [6.07, 6.45) is 3.72. The van der Waals surface area contributed by atoms with Gasteiger partial charge in [0.05, 0.1) is 37.2 Å². The molecule has 4 rings (SSSR count). The number of anilines is 1. The Balaban J connectivity index is 1.36. The monoisotopic (exact) mass is 439 g/mol. The Labute approximate surface area is 187 Å². The van der Waals surface area contributed by atoms with E-state index in [1.54, 1.807) is 36.8 Å². The van der Waals surface area contributed by atoms with Gasteiger partial charge in [0, 0.05) is 24.5 Å². The molecule has 0 bridgehead atoms. The van der Waals surface area contributed by atoms with Gasteiger partial charge in [0.2, 0.25) is 0 Å². The van der Waals surface area contributed by atoms with E-state index in [4.69, 9.17) is 9.72 Å². The Hall–Kier alpha value is -2.71. The van der Waals surface area contributed by atoms with E-state index in [0.717, 1.165) is 38.3 Å². The highest BCUT2D eigenvalue weighted by atomic mass is 32.1. The maximum atomic E-state index is 12.8. The van der Waals surface area contributed by atoms with Crippen molar-refractivity contribution < 1.29 is 9.53 Å². The first-order chi connectivity index (χ1) is 15.0. The van der Waals surface area contributed by atoms with E-state index in [0.29, 0.717) is 17.2 Å². The number of piperidine rings is 1. The van der Waals surface area contributed by atoms with Crippen LogP contribution in [0.5, 0.6) is 5.75 Å². The van der Waals surface area contributed by atoms with Crippen LogP contribution in [0.3, 0.4) is 0 Å². The molecule has 0 atom stereocenters. The first-order valence-corrected chi connectivity index (χ1v) is 11.6. The third-order valence-corrected chi connectivity index (χ3v) is 6.54. The number of ether oxygens (including phenoxy) is 1. The number of benzene rings is 1. The van der Waals surface area contributed by atoms with Gasteiger partial charge in [0.15, 0.2) is 0 Å². The van der Waals surface area contributed by atoms with Gasteiger partial charge >= 0.3 is 0 Å². The Kier molecular flexibility index (Phi) is 6.67. The number of amides is 1. The summed E-state index contributed by atoms with van der Waals surface area (Å²) >= 11 is 1.75. The second-order valence-corrected chi connectivity index (χ2v) is 9.09. The number of methoxy groups -OCH3 is 1. The molecule has 1 amide bonds. The largest absolute Gasteiger partial charge is 0.496 e. The van der Waals surface area contributed by atoms with E-state index in [9.17, 15) is 4.79 Å². The Bertz CT molecular complexity index is 1020. The second-order valence-electron chi connectivity index (χ2n) is 8.14. The van der Waals surface area contributed by atoms with Crippen LogP contribution in [0.15, 0.2) is 41.9 Å². The quantitative estimate of drug-likeness (QED) is 0.584. The van der Waals surface area contributed by atoms with E-state index < -0.39 is 0 Å². The van der Waals surface area contributed by atoms with Crippen molar-refractivity contribution in [1.82, 2.24) is 19.7 Å². The lowest BCUT2D eigenvalue weighted by atomic mass is 10.1. The van der Waals surface area contributed by atoms with Crippen molar-refractivity contribution in [2.45, 2.75) is 45.2 Å². The molecule has 8 heteroatoms. The SMILES string of the molecule is COc1ccccc1C(=O)Nc1ccnn1C1CCN(Cc2nc(C(C)C)cs2)CC1. The van der Waals surface area contributed by atoms with Crippen molar-refractivity contribution >= 4 is 23.1 Å². The number of para-hydroxylation sites is 1. The Morgan fingerprint density at radius 1 is 1.26 bits per heavy atom. The average molecular weight is 440 g/mol. The van der Waals surface area contributed by atoms with Crippen LogP contribution in [0.25, 0.3) is 0 Å². The smallest absolute Gasteiger partial charge is 0.260 e. The molecule has 1 aliphatic rings. The predicted octanol–water partition coefficient (Wildman–Crippen LogP) is 4.56. The minimum Gasteiger partial charge on any atom is -0.496 e. The molecule has 1 fully saturated rings. The normalized spacial score (nSPS) is 15.4.